The van der Waals surface area contributed by atoms with E-state index in [1.807, 2.05) is 0 Å². The minimum absolute atomic E-state index is 1.18. The number of halogens is 4. The molecule has 0 aliphatic heterocycles. The van der Waals surface area contributed by atoms with Gasteiger partial charge in [0.1, 0.15) is 0 Å². The zero-order chi connectivity index (χ0) is 10.7. The number of rotatable bonds is 4. The van der Waals surface area contributed by atoms with Crippen LogP contribution in [0.15, 0.2) is 0 Å². The van der Waals surface area contributed by atoms with Crippen molar-refractivity contribution in [2.75, 3.05) is 6.67 Å². The molecule has 0 heterocycles. The molecular weight excluding hydrogens is 220 g/mol. The van der Waals surface area contributed by atoms with Gasteiger partial charge in [0.05, 0.1) is 6.67 Å². The first-order valence-electron chi connectivity index (χ1n) is 2.95. The Balaban J connectivity index is 4.45. The van der Waals surface area contributed by atoms with E-state index in [0.717, 1.165) is 0 Å². The summed E-state index contributed by atoms with van der Waals surface area (Å²) in [5.74, 6) is 0. The van der Waals surface area contributed by atoms with E-state index < -0.39 is 35.8 Å². The van der Waals surface area contributed by atoms with Gasteiger partial charge in [0.2, 0.25) is 0 Å². The molecule has 0 aliphatic carbocycles. The predicted octanol–water partition coefficient (Wildman–Crippen LogP) is 1.10. The fourth-order valence-corrected chi connectivity index (χ4v) is 1.01. The summed E-state index contributed by atoms with van der Waals surface area (Å²) in [7, 11) is -5.22. The minimum Gasteiger partial charge on any atom is -0.264 e. The Morgan fingerprint density at radius 3 is 2.08 bits per heavy atom. The SMILES string of the molecule is O=S(=O)(O)OC(CCF)C(F)(F)F. The fraction of sp³-hybridized carbons (Fsp3) is 1.00. The maximum absolute atomic E-state index is 11.8. The minimum atomic E-state index is -5.22. The monoisotopic (exact) mass is 226 g/mol. The Hall–Kier alpha value is -0.410. The Morgan fingerprint density at radius 2 is 1.85 bits per heavy atom. The molecule has 0 aromatic carbocycles. The van der Waals surface area contributed by atoms with Gasteiger partial charge < -0.3 is 0 Å². The van der Waals surface area contributed by atoms with Crippen molar-refractivity contribution in [2.45, 2.75) is 18.7 Å². The predicted molar refractivity (Wildman–Crippen MR) is 33.1 cm³/mol. The second-order valence-corrected chi connectivity index (χ2v) is 3.08. The molecule has 0 spiro atoms. The van der Waals surface area contributed by atoms with Crippen LogP contribution in [0.1, 0.15) is 6.42 Å². The molecule has 0 fully saturated rings. The zero-order valence-corrected chi connectivity index (χ0v) is 6.90. The highest BCUT2D eigenvalue weighted by atomic mass is 32.3. The van der Waals surface area contributed by atoms with Crippen LogP contribution < -0.4 is 0 Å². The molecule has 0 bridgehead atoms. The Labute approximate surface area is 71.4 Å². The first-order chi connectivity index (χ1) is 5.67. The summed E-state index contributed by atoms with van der Waals surface area (Å²) in [6, 6.07) is 0. The van der Waals surface area contributed by atoms with Crippen LogP contribution >= 0.6 is 0 Å². The van der Waals surface area contributed by atoms with Crippen molar-refractivity contribution < 1.29 is 34.7 Å². The molecule has 0 aliphatic rings. The molecule has 13 heavy (non-hydrogen) atoms. The van der Waals surface area contributed by atoms with Crippen molar-refractivity contribution >= 4 is 10.4 Å². The van der Waals surface area contributed by atoms with E-state index in [-0.39, 0.29) is 0 Å². The molecule has 9 heteroatoms. The first-order valence-corrected chi connectivity index (χ1v) is 4.31. The summed E-state index contributed by atoms with van der Waals surface area (Å²) in [6.45, 7) is -1.40. The van der Waals surface area contributed by atoms with Gasteiger partial charge in [0.15, 0.2) is 6.10 Å². The van der Waals surface area contributed by atoms with E-state index >= 15 is 0 Å². The lowest BCUT2D eigenvalue weighted by atomic mass is 10.3. The van der Waals surface area contributed by atoms with Crippen LogP contribution in [0, 0.1) is 0 Å². The molecule has 0 aromatic rings. The second kappa shape index (κ2) is 4.20. The largest absolute Gasteiger partial charge is 0.416 e. The Kier molecular flexibility index (Phi) is 4.07. The topological polar surface area (TPSA) is 63.6 Å². The first kappa shape index (κ1) is 12.6. The lowest BCUT2D eigenvalue weighted by Crippen LogP contribution is -2.34. The van der Waals surface area contributed by atoms with E-state index in [4.69, 9.17) is 4.55 Å². The van der Waals surface area contributed by atoms with Gasteiger partial charge in [-0.2, -0.15) is 21.6 Å². The van der Waals surface area contributed by atoms with Crippen LogP contribution in [0.4, 0.5) is 17.6 Å². The van der Waals surface area contributed by atoms with Crippen LogP contribution in [-0.2, 0) is 14.6 Å². The highest BCUT2D eigenvalue weighted by Crippen LogP contribution is 2.26. The molecule has 0 radical (unpaired) electrons. The van der Waals surface area contributed by atoms with Crippen molar-refractivity contribution in [1.29, 1.82) is 0 Å². The number of hydrogen-bond acceptors (Lipinski definition) is 3. The molecule has 1 unspecified atom stereocenters. The average molecular weight is 226 g/mol. The van der Waals surface area contributed by atoms with Crippen LogP contribution in [0.25, 0.3) is 0 Å². The summed E-state index contributed by atoms with van der Waals surface area (Å²) < 4.78 is 77.7. The summed E-state index contributed by atoms with van der Waals surface area (Å²) in [5.41, 5.74) is 0. The molecule has 0 aromatic heterocycles. The van der Waals surface area contributed by atoms with Gasteiger partial charge in [0, 0.05) is 6.42 Å². The molecule has 0 rings (SSSR count). The summed E-state index contributed by atoms with van der Waals surface area (Å²) in [4.78, 5) is 0. The van der Waals surface area contributed by atoms with Gasteiger partial charge in [-0.15, -0.1) is 0 Å². The Bertz CT molecular complexity index is 245. The van der Waals surface area contributed by atoms with Crippen molar-refractivity contribution in [3.63, 3.8) is 0 Å². The Morgan fingerprint density at radius 1 is 1.38 bits per heavy atom. The summed E-state index contributed by atoms with van der Waals surface area (Å²) >= 11 is 0. The third kappa shape index (κ3) is 5.77. The van der Waals surface area contributed by atoms with Gasteiger partial charge in [-0.05, 0) is 0 Å². The summed E-state index contributed by atoms with van der Waals surface area (Å²) in [6.07, 6.45) is -9.04. The van der Waals surface area contributed by atoms with Crippen LogP contribution in [0.3, 0.4) is 0 Å². The van der Waals surface area contributed by atoms with E-state index in [1.165, 1.54) is 0 Å². The third-order valence-corrected chi connectivity index (χ3v) is 1.45. The molecule has 1 N–H and O–H groups in total. The van der Waals surface area contributed by atoms with Crippen molar-refractivity contribution in [3.8, 4) is 0 Å². The zero-order valence-electron chi connectivity index (χ0n) is 6.08. The molecule has 0 saturated carbocycles. The van der Waals surface area contributed by atoms with Gasteiger partial charge >= 0.3 is 16.6 Å². The van der Waals surface area contributed by atoms with Gasteiger partial charge in [-0.25, -0.2) is 4.18 Å². The average Bonchev–Trinajstić information content (AvgIpc) is 1.81. The van der Waals surface area contributed by atoms with E-state index in [9.17, 15) is 26.0 Å². The number of alkyl halides is 4. The van der Waals surface area contributed by atoms with Gasteiger partial charge in [-0.3, -0.25) is 8.94 Å². The maximum atomic E-state index is 11.8. The third-order valence-electron chi connectivity index (χ3n) is 0.974. The molecule has 80 valence electrons. The molecule has 0 saturated heterocycles. The van der Waals surface area contributed by atoms with Crippen molar-refractivity contribution in [1.82, 2.24) is 0 Å². The number of hydrogen-bond donors (Lipinski definition) is 1. The quantitative estimate of drug-likeness (QED) is 0.575. The normalized spacial score (nSPS) is 15.8. The van der Waals surface area contributed by atoms with Crippen molar-refractivity contribution in [2.24, 2.45) is 0 Å². The molecular formula is C4H6F4O4S. The fourth-order valence-electron chi connectivity index (χ4n) is 0.512. The lowest BCUT2D eigenvalue weighted by Gasteiger charge is -2.16. The van der Waals surface area contributed by atoms with Gasteiger partial charge in [-0.1, -0.05) is 0 Å². The van der Waals surface area contributed by atoms with Gasteiger partial charge in [0.25, 0.3) is 0 Å². The van der Waals surface area contributed by atoms with E-state index in [1.54, 1.807) is 0 Å². The van der Waals surface area contributed by atoms with Crippen molar-refractivity contribution in [3.05, 3.63) is 0 Å². The van der Waals surface area contributed by atoms with E-state index in [0.29, 0.717) is 0 Å². The smallest absolute Gasteiger partial charge is 0.264 e. The van der Waals surface area contributed by atoms with Crippen LogP contribution in [-0.4, -0.2) is 31.9 Å². The van der Waals surface area contributed by atoms with Crippen LogP contribution in [0.5, 0.6) is 0 Å². The lowest BCUT2D eigenvalue weighted by molar-refractivity contribution is -0.197. The van der Waals surface area contributed by atoms with Crippen LogP contribution in [0.2, 0.25) is 0 Å². The maximum Gasteiger partial charge on any atom is 0.416 e. The standard InChI is InChI=1S/C4H6F4O4S/c5-2-1-3(4(6,7)8)12-13(9,10)11/h3H,1-2H2,(H,9,10,11). The molecule has 0 amide bonds. The highest BCUT2D eigenvalue weighted by molar-refractivity contribution is 7.80. The molecule has 1 atom stereocenters. The second-order valence-electron chi connectivity index (χ2n) is 2.03. The highest BCUT2D eigenvalue weighted by Gasteiger charge is 2.43. The summed E-state index contributed by atoms with van der Waals surface area (Å²) in [5, 5.41) is 0. The molecule has 4 nitrogen and oxygen atoms in total. The van der Waals surface area contributed by atoms with E-state index in [2.05, 4.69) is 4.18 Å².